The summed E-state index contributed by atoms with van der Waals surface area (Å²) in [4.78, 5) is 2.62. The number of benzene rings is 1. The van der Waals surface area contributed by atoms with E-state index in [1.54, 1.807) is 0 Å². The first-order valence-electron chi connectivity index (χ1n) is 7.82. The van der Waals surface area contributed by atoms with Crippen LogP contribution in [-0.2, 0) is 6.42 Å². The lowest BCUT2D eigenvalue weighted by molar-refractivity contribution is 0.328. The number of nitrogens with zero attached hydrogens (tertiary/aromatic N) is 1. The molecule has 0 aliphatic carbocycles. The van der Waals surface area contributed by atoms with Gasteiger partial charge in [0.1, 0.15) is 0 Å². The molecular formula is C18H27N. The van der Waals surface area contributed by atoms with Crippen molar-refractivity contribution in [3.05, 3.63) is 42.0 Å². The van der Waals surface area contributed by atoms with Crippen molar-refractivity contribution >= 4 is 6.08 Å². The molecule has 0 spiro atoms. The highest BCUT2D eigenvalue weighted by Crippen LogP contribution is 2.12. The minimum absolute atomic E-state index is 1.22. The van der Waals surface area contributed by atoms with Gasteiger partial charge in [-0.15, -0.1) is 0 Å². The molecule has 2 rings (SSSR count). The van der Waals surface area contributed by atoms with E-state index in [0.717, 1.165) is 0 Å². The number of aryl methyl sites for hydroxylation is 1. The average Bonchev–Trinajstić information content (AvgIpc) is 2.96. The summed E-state index contributed by atoms with van der Waals surface area (Å²) >= 11 is 0. The number of rotatable bonds is 8. The van der Waals surface area contributed by atoms with E-state index >= 15 is 0 Å². The molecule has 1 aromatic rings. The van der Waals surface area contributed by atoms with E-state index in [0.29, 0.717) is 0 Å². The van der Waals surface area contributed by atoms with E-state index in [1.165, 1.54) is 75.7 Å². The molecule has 0 atom stereocenters. The molecule has 1 aliphatic heterocycles. The lowest BCUT2D eigenvalue weighted by Gasteiger charge is -2.13. The van der Waals surface area contributed by atoms with E-state index in [9.17, 15) is 0 Å². The molecule has 0 aromatic heterocycles. The van der Waals surface area contributed by atoms with E-state index in [1.807, 2.05) is 6.08 Å². The van der Waals surface area contributed by atoms with Crippen LogP contribution in [0.4, 0.5) is 0 Å². The summed E-state index contributed by atoms with van der Waals surface area (Å²) in [5, 5.41) is 0. The third kappa shape index (κ3) is 5.20. The summed E-state index contributed by atoms with van der Waals surface area (Å²) in [5.74, 6) is 0. The molecule has 1 saturated heterocycles. The lowest BCUT2D eigenvalue weighted by Crippen LogP contribution is -2.20. The Kier molecular flexibility index (Phi) is 6.16. The third-order valence-corrected chi connectivity index (χ3v) is 4.10. The van der Waals surface area contributed by atoms with Crippen LogP contribution in [0.2, 0.25) is 0 Å². The standard InChI is InChI=1S/C18H27N/c1-2-17-10-12-18(13-11-17)9-5-3-4-6-14-19-15-7-8-16-19/h2,10-13H,1,3-9,14-16H2. The highest BCUT2D eigenvalue weighted by Gasteiger charge is 2.09. The second-order valence-electron chi connectivity index (χ2n) is 5.66. The number of unbranched alkanes of at least 4 members (excludes halogenated alkanes) is 3. The van der Waals surface area contributed by atoms with Gasteiger partial charge in [-0.2, -0.15) is 0 Å². The second-order valence-corrected chi connectivity index (χ2v) is 5.66. The molecule has 1 aromatic carbocycles. The molecule has 0 saturated carbocycles. The fourth-order valence-corrected chi connectivity index (χ4v) is 2.84. The Morgan fingerprint density at radius 1 is 0.947 bits per heavy atom. The maximum Gasteiger partial charge on any atom is -0.00183 e. The van der Waals surface area contributed by atoms with Gasteiger partial charge in [0, 0.05) is 0 Å². The molecule has 1 heterocycles. The van der Waals surface area contributed by atoms with Crippen molar-refractivity contribution in [2.75, 3.05) is 19.6 Å². The van der Waals surface area contributed by atoms with Crippen LogP contribution in [0.1, 0.15) is 49.7 Å². The van der Waals surface area contributed by atoms with Gasteiger partial charge in [-0.05, 0) is 62.9 Å². The van der Waals surface area contributed by atoms with Crippen LogP contribution < -0.4 is 0 Å². The summed E-state index contributed by atoms with van der Waals surface area (Å²) in [6.45, 7) is 7.80. The number of likely N-dealkylation sites (tertiary alicyclic amines) is 1. The van der Waals surface area contributed by atoms with E-state index in [2.05, 4.69) is 35.7 Å². The van der Waals surface area contributed by atoms with Gasteiger partial charge in [-0.1, -0.05) is 49.8 Å². The molecule has 0 radical (unpaired) electrons. The zero-order valence-electron chi connectivity index (χ0n) is 12.1. The Morgan fingerprint density at radius 3 is 2.32 bits per heavy atom. The van der Waals surface area contributed by atoms with Crippen molar-refractivity contribution < 1.29 is 0 Å². The molecule has 0 amide bonds. The van der Waals surface area contributed by atoms with Gasteiger partial charge in [-0.25, -0.2) is 0 Å². The third-order valence-electron chi connectivity index (χ3n) is 4.10. The molecule has 1 aliphatic rings. The predicted molar refractivity (Wildman–Crippen MR) is 84.4 cm³/mol. The van der Waals surface area contributed by atoms with Crippen molar-refractivity contribution in [1.82, 2.24) is 4.90 Å². The maximum atomic E-state index is 3.79. The van der Waals surface area contributed by atoms with Crippen molar-refractivity contribution in [3.63, 3.8) is 0 Å². The molecule has 0 unspecified atom stereocenters. The van der Waals surface area contributed by atoms with Crippen LogP contribution in [0, 0.1) is 0 Å². The van der Waals surface area contributed by atoms with Crippen molar-refractivity contribution in [3.8, 4) is 0 Å². The Hall–Kier alpha value is -1.08. The maximum absolute atomic E-state index is 3.79. The van der Waals surface area contributed by atoms with Crippen LogP contribution in [-0.4, -0.2) is 24.5 Å². The normalized spacial score (nSPS) is 15.8. The van der Waals surface area contributed by atoms with E-state index in [4.69, 9.17) is 0 Å². The van der Waals surface area contributed by atoms with Gasteiger partial charge in [0.25, 0.3) is 0 Å². The molecule has 0 bridgehead atoms. The summed E-state index contributed by atoms with van der Waals surface area (Å²) in [6, 6.07) is 8.80. The Morgan fingerprint density at radius 2 is 1.63 bits per heavy atom. The fourth-order valence-electron chi connectivity index (χ4n) is 2.84. The van der Waals surface area contributed by atoms with Gasteiger partial charge >= 0.3 is 0 Å². The zero-order chi connectivity index (χ0) is 13.3. The average molecular weight is 257 g/mol. The summed E-state index contributed by atoms with van der Waals surface area (Å²) in [6.07, 6.45) is 11.4. The molecule has 1 nitrogen and oxygen atoms in total. The van der Waals surface area contributed by atoms with Crippen LogP contribution in [0.3, 0.4) is 0 Å². The Bertz CT molecular complexity index is 360. The van der Waals surface area contributed by atoms with Crippen LogP contribution >= 0.6 is 0 Å². The quantitative estimate of drug-likeness (QED) is 0.619. The lowest BCUT2D eigenvalue weighted by atomic mass is 10.0. The van der Waals surface area contributed by atoms with Crippen molar-refractivity contribution in [2.45, 2.75) is 44.9 Å². The second kappa shape index (κ2) is 8.16. The van der Waals surface area contributed by atoms with Gasteiger partial charge in [0.15, 0.2) is 0 Å². The number of hydrogen-bond donors (Lipinski definition) is 0. The molecule has 1 fully saturated rings. The van der Waals surface area contributed by atoms with Crippen LogP contribution in [0.15, 0.2) is 30.8 Å². The summed E-state index contributed by atoms with van der Waals surface area (Å²) in [5.41, 5.74) is 2.68. The van der Waals surface area contributed by atoms with Crippen molar-refractivity contribution in [1.29, 1.82) is 0 Å². The van der Waals surface area contributed by atoms with Gasteiger partial charge in [-0.3, -0.25) is 0 Å². The largest absolute Gasteiger partial charge is 0.303 e. The number of hydrogen-bond acceptors (Lipinski definition) is 1. The van der Waals surface area contributed by atoms with E-state index in [-0.39, 0.29) is 0 Å². The molecule has 1 heteroatoms. The van der Waals surface area contributed by atoms with Gasteiger partial charge in [0.05, 0.1) is 0 Å². The Labute approximate surface area is 118 Å². The summed E-state index contributed by atoms with van der Waals surface area (Å²) < 4.78 is 0. The SMILES string of the molecule is C=Cc1ccc(CCCCCCN2CCCC2)cc1. The fraction of sp³-hybridized carbons (Fsp3) is 0.556. The first kappa shape index (κ1) is 14.3. The highest BCUT2D eigenvalue weighted by atomic mass is 15.1. The molecule has 19 heavy (non-hydrogen) atoms. The predicted octanol–water partition coefficient (Wildman–Crippen LogP) is 4.53. The van der Waals surface area contributed by atoms with E-state index < -0.39 is 0 Å². The first-order valence-corrected chi connectivity index (χ1v) is 7.82. The van der Waals surface area contributed by atoms with Gasteiger partial charge < -0.3 is 4.90 Å². The van der Waals surface area contributed by atoms with Gasteiger partial charge in [0.2, 0.25) is 0 Å². The van der Waals surface area contributed by atoms with Crippen LogP contribution in [0.25, 0.3) is 6.08 Å². The molecule has 104 valence electrons. The minimum Gasteiger partial charge on any atom is -0.303 e. The smallest absolute Gasteiger partial charge is 0.00183 e. The minimum atomic E-state index is 1.22. The van der Waals surface area contributed by atoms with Crippen molar-refractivity contribution in [2.24, 2.45) is 0 Å². The topological polar surface area (TPSA) is 3.24 Å². The first-order chi connectivity index (χ1) is 9.38. The molecular weight excluding hydrogens is 230 g/mol. The Balaban J connectivity index is 1.52. The molecule has 0 N–H and O–H groups in total. The van der Waals surface area contributed by atoms with Crippen LogP contribution in [0.5, 0.6) is 0 Å². The zero-order valence-corrected chi connectivity index (χ0v) is 12.1. The summed E-state index contributed by atoms with van der Waals surface area (Å²) in [7, 11) is 0. The monoisotopic (exact) mass is 257 g/mol. The highest BCUT2D eigenvalue weighted by molar-refractivity contribution is 5.47.